The molecular weight excluding hydrogens is 578 g/mol. The van der Waals surface area contributed by atoms with Crippen molar-refractivity contribution >= 4 is 0 Å². The molecule has 0 radical (unpaired) electrons. The Kier molecular flexibility index (Phi) is 12.1. The molecule has 1 aliphatic carbocycles. The third kappa shape index (κ3) is 7.30. The van der Waals surface area contributed by atoms with E-state index in [2.05, 4.69) is 0 Å². The van der Waals surface area contributed by atoms with Crippen molar-refractivity contribution in [3.63, 3.8) is 0 Å². The standard InChI is InChI=1S/C24H49N7O12/c25-3-10-9(33)2-8(29)22(38-10)41-19-6(27)1-7(28)20(18(19)37)42-24-14(31)21(16(35)11(4-26)39-24)43-23-13(30)17(36)15(34)12(5-32)40-23/h6-24,32-37H,1-5,25-31H2/t6-,7+,8+,9-,10+,11+,12+,13+,14+,15+,16+,17+,18-,19+,20-,21+,22+,23+,24-/m0/s1. The monoisotopic (exact) mass is 627 g/mol. The number of aliphatic hydroxyl groups excluding tert-OH is 6. The van der Waals surface area contributed by atoms with Crippen molar-refractivity contribution in [1.82, 2.24) is 0 Å². The minimum atomic E-state index is -1.51. The van der Waals surface area contributed by atoms with Gasteiger partial charge in [0.15, 0.2) is 18.9 Å². The van der Waals surface area contributed by atoms with Gasteiger partial charge in [0, 0.05) is 25.2 Å². The van der Waals surface area contributed by atoms with Gasteiger partial charge in [-0.2, -0.15) is 0 Å². The van der Waals surface area contributed by atoms with Crippen LogP contribution >= 0.6 is 0 Å². The second-order valence-corrected chi connectivity index (χ2v) is 11.7. The Morgan fingerprint density at radius 1 is 0.535 bits per heavy atom. The van der Waals surface area contributed by atoms with Crippen LogP contribution in [-0.4, -0.2) is 167 Å². The Bertz CT molecular complexity index is 887. The molecule has 19 atom stereocenters. The lowest BCUT2D eigenvalue weighted by molar-refractivity contribution is -0.333. The zero-order valence-corrected chi connectivity index (χ0v) is 23.7. The Morgan fingerprint density at radius 2 is 1.05 bits per heavy atom. The Hall–Kier alpha value is -0.760. The quantitative estimate of drug-likeness (QED) is 0.113. The number of nitrogens with two attached hydrogens (primary N) is 7. The molecule has 0 aromatic carbocycles. The Labute approximate surface area is 248 Å². The highest BCUT2D eigenvalue weighted by molar-refractivity contribution is 5.02. The molecule has 3 heterocycles. The van der Waals surface area contributed by atoms with Gasteiger partial charge in [-0.25, -0.2) is 0 Å². The Balaban J connectivity index is 1.48. The SMILES string of the molecule is NC[C@H]1O[C@@H](O[C@@H]2[C@@H](O)[C@H](O[C@H]3O[C@H](CN)[C@@H](O)C[C@H]3N)[C@@H](N)C[C@H]2N)[C@H](N)[C@@H](O[C@H]2O[C@H](CO)[C@@H](O)[C@H](O)[C@H]2N)[C@@H]1O. The van der Waals surface area contributed by atoms with E-state index >= 15 is 0 Å². The first-order valence-electron chi connectivity index (χ1n) is 14.4. The highest BCUT2D eigenvalue weighted by Gasteiger charge is 2.52. The van der Waals surface area contributed by atoms with Gasteiger partial charge in [0.1, 0.15) is 54.9 Å². The van der Waals surface area contributed by atoms with Crippen LogP contribution in [0.5, 0.6) is 0 Å². The highest BCUT2D eigenvalue weighted by Crippen LogP contribution is 2.32. The normalized spacial score (nSPS) is 53.1. The lowest BCUT2D eigenvalue weighted by atomic mass is 9.84. The van der Waals surface area contributed by atoms with E-state index in [1.165, 1.54) is 0 Å². The van der Waals surface area contributed by atoms with Crippen LogP contribution < -0.4 is 40.1 Å². The van der Waals surface area contributed by atoms with E-state index in [1.807, 2.05) is 0 Å². The summed E-state index contributed by atoms with van der Waals surface area (Å²) in [4.78, 5) is 0. The van der Waals surface area contributed by atoms with E-state index in [4.69, 9.17) is 68.6 Å². The number of ether oxygens (including phenoxy) is 6. The minimum absolute atomic E-state index is 0.0228. The van der Waals surface area contributed by atoms with Crippen LogP contribution in [0, 0.1) is 0 Å². The van der Waals surface area contributed by atoms with Crippen LogP contribution in [0.15, 0.2) is 0 Å². The molecule has 0 aromatic rings. The van der Waals surface area contributed by atoms with E-state index in [0.29, 0.717) is 0 Å². The fourth-order valence-electron chi connectivity index (χ4n) is 6.01. The summed E-state index contributed by atoms with van der Waals surface area (Å²) in [5.41, 5.74) is 42.7. The first kappa shape index (κ1) is 35.1. The van der Waals surface area contributed by atoms with E-state index in [0.717, 1.165) is 0 Å². The number of aliphatic hydroxyl groups is 6. The third-order valence-electron chi connectivity index (χ3n) is 8.65. The highest BCUT2D eigenvalue weighted by atomic mass is 16.7. The predicted molar refractivity (Wildman–Crippen MR) is 145 cm³/mol. The molecular formula is C24H49N7O12. The van der Waals surface area contributed by atoms with Crippen molar-refractivity contribution in [2.24, 2.45) is 40.1 Å². The minimum Gasteiger partial charge on any atom is -0.394 e. The zero-order chi connectivity index (χ0) is 31.7. The average Bonchev–Trinajstić information content (AvgIpc) is 2.97. The van der Waals surface area contributed by atoms with Gasteiger partial charge in [0.2, 0.25) is 0 Å². The molecule has 4 rings (SSSR count). The summed E-state index contributed by atoms with van der Waals surface area (Å²) in [6.45, 7) is -0.806. The summed E-state index contributed by atoms with van der Waals surface area (Å²) in [6, 6.07) is -4.78. The number of hydrogen-bond donors (Lipinski definition) is 13. The maximum Gasteiger partial charge on any atom is 0.176 e. The average molecular weight is 628 g/mol. The van der Waals surface area contributed by atoms with Gasteiger partial charge in [0.05, 0.1) is 36.9 Å². The maximum atomic E-state index is 11.3. The zero-order valence-electron chi connectivity index (χ0n) is 23.7. The molecule has 3 saturated heterocycles. The summed E-state index contributed by atoms with van der Waals surface area (Å²) in [5, 5.41) is 62.4. The first-order chi connectivity index (χ1) is 20.3. The smallest absolute Gasteiger partial charge is 0.176 e. The lowest BCUT2D eigenvalue weighted by Gasteiger charge is -2.49. The van der Waals surface area contributed by atoms with Gasteiger partial charge in [-0.1, -0.05) is 0 Å². The van der Waals surface area contributed by atoms with Crippen LogP contribution in [0.2, 0.25) is 0 Å². The molecule has 4 aliphatic rings. The fraction of sp³-hybridized carbons (Fsp3) is 1.00. The molecule has 0 unspecified atom stereocenters. The summed E-state index contributed by atoms with van der Waals surface area (Å²) in [7, 11) is 0. The summed E-state index contributed by atoms with van der Waals surface area (Å²) in [5.74, 6) is 0. The van der Waals surface area contributed by atoms with Crippen molar-refractivity contribution in [1.29, 1.82) is 0 Å². The van der Waals surface area contributed by atoms with Crippen LogP contribution in [0.25, 0.3) is 0 Å². The molecule has 0 aromatic heterocycles. The van der Waals surface area contributed by atoms with Crippen molar-refractivity contribution in [2.45, 2.75) is 129 Å². The molecule has 252 valence electrons. The van der Waals surface area contributed by atoms with E-state index in [1.54, 1.807) is 0 Å². The largest absolute Gasteiger partial charge is 0.394 e. The van der Waals surface area contributed by atoms with Gasteiger partial charge in [0.25, 0.3) is 0 Å². The van der Waals surface area contributed by atoms with Gasteiger partial charge >= 0.3 is 0 Å². The molecule has 20 N–H and O–H groups in total. The number of rotatable bonds is 9. The van der Waals surface area contributed by atoms with Gasteiger partial charge in [-0.15, -0.1) is 0 Å². The molecule has 19 heteroatoms. The summed E-state index contributed by atoms with van der Waals surface area (Å²) < 4.78 is 35.0. The molecule has 0 amide bonds. The van der Waals surface area contributed by atoms with E-state index in [9.17, 15) is 30.6 Å². The first-order valence-corrected chi connectivity index (χ1v) is 14.4. The Morgan fingerprint density at radius 3 is 1.63 bits per heavy atom. The van der Waals surface area contributed by atoms with Crippen LogP contribution in [0.1, 0.15) is 12.8 Å². The topological polar surface area (TPSA) is 359 Å². The number of hydrogen-bond acceptors (Lipinski definition) is 19. The predicted octanol–water partition coefficient (Wildman–Crippen LogP) is -8.54. The fourth-order valence-corrected chi connectivity index (χ4v) is 6.01. The van der Waals surface area contributed by atoms with Crippen molar-refractivity contribution in [3.05, 3.63) is 0 Å². The van der Waals surface area contributed by atoms with Gasteiger partial charge < -0.3 is 99.2 Å². The molecule has 1 saturated carbocycles. The summed E-state index contributed by atoms with van der Waals surface area (Å²) >= 11 is 0. The lowest BCUT2D eigenvalue weighted by Crippen LogP contribution is -2.70. The molecule has 4 fully saturated rings. The second kappa shape index (κ2) is 14.8. The van der Waals surface area contributed by atoms with Crippen molar-refractivity contribution in [3.8, 4) is 0 Å². The van der Waals surface area contributed by atoms with Gasteiger partial charge in [-0.05, 0) is 12.8 Å². The van der Waals surface area contributed by atoms with E-state index < -0.39 is 123 Å². The van der Waals surface area contributed by atoms with Crippen LogP contribution in [0.4, 0.5) is 0 Å². The molecule has 43 heavy (non-hydrogen) atoms. The summed E-state index contributed by atoms with van der Waals surface area (Å²) in [6.07, 6.45) is -16.6. The molecule has 19 nitrogen and oxygen atoms in total. The van der Waals surface area contributed by atoms with Crippen molar-refractivity contribution < 1.29 is 59.1 Å². The van der Waals surface area contributed by atoms with Crippen LogP contribution in [-0.2, 0) is 28.4 Å². The molecule has 0 spiro atoms. The van der Waals surface area contributed by atoms with E-state index in [-0.39, 0.29) is 25.9 Å². The van der Waals surface area contributed by atoms with Crippen LogP contribution in [0.3, 0.4) is 0 Å². The van der Waals surface area contributed by atoms with Crippen molar-refractivity contribution in [2.75, 3.05) is 19.7 Å². The van der Waals surface area contributed by atoms with Gasteiger partial charge in [-0.3, -0.25) is 0 Å². The maximum absolute atomic E-state index is 11.3. The third-order valence-corrected chi connectivity index (χ3v) is 8.65. The second-order valence-electron chi connectivity index (χ2n) is 11.7. The molecule has 0 bridgehead atoms. The molecule has 3 aliphatic heterocycles.